The lowest BCUT2D eigenvalue weighted by molar-refractivity contribution is -0.142. The van der Waals surface area contributed by atoms with Crippen LogP contribution in [0.25, 0.3) is 0 Å². The van der Waals surface area contributed by atoms with Crippen molar-refractivity contribution in [2.75, 3.05) is 53.1 Å². The molecule has 6 heteroatoms. The molecule has 6 nitrogen and oxygen atoms in total. The van der Waals surface area contributed by atoms with Gasteiger partial charge in [-0.3, -0.25) is 9.59 Å². The van der Waals surface area contributed by atoms with Crippen molar-refractivity contribution >= 4 is 11.8 Å². The molecule has 1 heterocycles. The Morgan fingerprint density at radius 3 is 2.06 bits per heavy atom. The Hall–Kier alpha value is -1.14. The normalized spacial score (nSPS) is 15.9. The van der Waals surface area contributed by atoms with E-state index in [4.69, 9.17) is 9.47 Å². The molecule has 0 atom stereocenters. The predicted octanol–water partition coefficient (Wildman–Crippen LogP) is -0.270. The summed E-state index contributed by atoms with van der Waals surface area (Å²) in [4.78, 5) is 26.8. The van der Waals surface area contributed by atoms with Crippen LogP contribution in [0.5, 0.6) is 0 Å². The van der Waals surface area contributed by atoms with Gasteiger partial charge in [0.1, 0.15) is 6.61 Å². The van der Waals surface area contributed by atoms with E-state index in [0.29, 0.717) is 45.8 Å². The van der Waals surface area contributed by atoms with Gasteiger partial charge in [-0.2, -0.15) is 0 Å². The molecular weight excluding hydrogens is 236 g/mol. The zero-order chi connectivity index (χ0) is 13.4. The van der Waals surface area contributed by atoms with Crippen LogP contribution in [-0.4, -0.2) is 74.7 Å². The van der Waals surface area contributed by atoms with Crippen molar-refractivity contribution in [2.24, 2.45) is 0 Å². The Labute approximate surface area is 108 Å². The van der Waals surface area contributed by atoms with Gasteiger partial charge in [0.15, 0.2) is 0 Å². The van der Waals surface area contributed by atoms with E-state index in [1.54, 1.807) is 16.9 Å². The number of hydrogen-bond acceptors (Lipinski definition) is 4. The van der Waals surface area contributed by atoms with Gasteiger partial charge < -0.3 is 19.3 Å². The van der Waals surface area contributed by atoms with E-state index >= 15 is 0 Å². The second kappa shape index (κ2) is 8.05. The average Bonchev–Trinajstić information content (AvgIpc) is 2.42. The fourth-order valence-electron chi connectivity index (χ4n) is 1.82. The van der Waals surface area contributed by atoms with Crippen LogP contribution in [-0.2, 0) is 19.1 Å². The molecule has 1 saturated heterocycles. The maximum atomic E-state index is 11.8. The van der Waals surface area contributed by atoms with Crippen LogP contribution in [0, 0.1) is 0 Å². The Bertz CT molecular complexity index is 275. The molecule has 0 aliphatic carbocycles. The van der Waals surface area contributed by atoms with Crippen molar-refractivity contribution < 1.29 is 19.1 Å². The Kier molecular flexibility index (Phi) is 6.67. The van der Waals surface area contributed by atoms with Gasteiger partial charge in [0.2, 0.25) is 11.8 Å². The van der Waals surface area contributed by atoms with Crippen molar-refractivity contribution in [1.82, 2.24) is 9.80 Å². The fourth-order valence-corrected chi connectivity index (χ4v) is 1.82. The molecule has 0 N–H and O–H groups in total. The number of piperazine rings is 1. The van der Waals surface area contributed by atoms with E-state index in [1.807, 2.05) is 6.92 Å². The Balaban J connectivity index is 2.21. The average molecular weight is 258 g/mol. The Morgan fingerprint density at radius 2 is 1.56 bits per heavy atom. The van der Waals surface area contributed by atoms with Crippen LogP contribution >= 0.6 is 0 Å². The number of rotatable bonds is 6. The van der Waals surface area contributed by atoms with E-state index in [0.717, 1.165) is 0 Å². The van der Waals surface area contributed by atoms with E-state index in [2.05, 4.69) is 0 Å². The first-order valence-corrected chi connectivity index (χ1v) is 6.31. The lowest BCUT2D eigenvalue weighted by Crippen LogP contribution is -2.51. The minimum atomic E-state index is -0.0188. The molecule has 0 aromatic rings. The standard InChI is InChI=1S/C12H22N2O4/c1-3-11(15)13-4-6-14(7-5-13)12(16)10-18-9-8-17-2/h3-10H2,1-2H3. The van der Waals surface area contributed by atoms with Gasteiger partial charge in [0, 0.05) is 39.7 Å². The molecule has 0 radical (unpaired) electrons. The van der Waals surface area contributed by atoms with Gasteiger partial charge in [-0.1, -0.05) is 6.92 Å². The third-order valence-electron chi connectivity index (χ3n) is 2.94. The van der Waals surface area contributed by atoms with Crippen molar-refractivity contribution in [2.45, 2.75) is 13.3 Å². The highest BCUT2D eigenvalue weighted by Gasteiger charge is 2.22. The quantitative estimate of drug-likeness (QED) is 0.615. The van der Waals surface area contributed by atoms with Crippen LogP contribution < -0.4 is 0 Å². The number of carbonyl (C=O) groups excluding carboxylic acids is 2. The third kappa shape index (κ3) is 4.62. The molecule has 1 aliphatic heterocycles. The molecule has 2 amide bonds. The van der Waals surface area contributed by atoms with E-state index in [9.17, 15) is 9.59 Å². The van der Waals surface area contributed by atoms with Gasteiger partial charge in [0.05, 0.1) is 13.2 Å². The van der Waals surface area contributed by atoms with Gasteiger partial charge in [-0.05, 0) is 0 Å². The smallest absolute Gasteiger partial charge is 0.248 e. The largest absolute Gasteiger partial charge is 0.382 e. The molecule has 0 aromatic carbocycles. The molecule has 18 heavy (non-hydrogen) atoms. The number of amides is 2. The Morgan fingerprint density at radius 1 is 1.00 bits per heavy atom. The van der Waals surface area contributed by atoms with Crippen molar-refractivity contribution in [3.05, 3.63) is 0 Å². The summed E-state index contributed by atoms with van der Waals surface area (Å²) in [6, 6.07) is 0. The molecular formula is C12H22N2O4. The fraction of sp³-hybridized carbons (Fsp3) is 0.833. The highest BCUT2D eigenvalue weighted by molar-refractivity contribution is 5.79. The van der Waals surface area contributed by atoms with E-state index in [-0.39, 0.29) is 18.4 Å². The minimum absolute atomic E-state index is 0.0188. The molecule has 0 bridgehead atoms. The second-order valence-electron chi connectivity index (χ2n) is 4.16. The number of ether oxygens (including phenoxy) is 2. The maximum absolute atomic E-state index is 11.8. The second-order valence-corrected chi connectivity index (χ2v) is 4.16. The van der Waals surface area contributed by atoms with Crippen molar-refractivity contribution in [3.8, 4) is 0 Å². The molecule has 104 valence electrons. The predicted molar refractivity (Wildman–Crippen MR) is 66.1 cm³/mol. The van der Waals surface area contributed by atoms with Gasteiger partial charge in [-0.25, -0.2) is 0 Å². The summed E-state index contributed by atoms with van der Waals surface area (Å²) >= 11 is 0. The van der Waals surface area contributed by atoms with E-state index in [1.165, 1.54) is 0 Å². The molecule has 0 spiro atoms. The number of carbonyl (C=O) groups is 2. The van der Waals surface area contributed by atoms with Crippen LogP contribution in [0.4, 0.5) is 0 Å². The highest BCUT2D eigenvalue weighted by Crippen LogP contribution is 2.04. The number of methoxy groups -OCH3 is 1. The maximum Gasteiger partial charge on any atom is 0.248 e. The molecule has 0 unspecified atom stereocenters. The zero-order valence-corrected chi connectivity index (χ0v) is 11.2. The summed E-state index contributed by atoms with van der Waals surface area (Å²) in [7, 11) is 1.59. The summed E-state index contributed by atoms with van der Waals surface area (Å²) in [5.74, 6) is 0.133. The monoisotopic (exact) mass is 258 g/mol. The summed E-state index contributed by atoms with van der Waals surface area (Å²) in [5, 5.41) is 0. The first-order chi connectivity index (χ1) is 8.69. The molecule has 1 rings (SSSR count). The first-order valence-electron chi connectivity index (χ1n) is 6.31. The highest BCUT2D eigenvalue weighted by atomic mass is 16.5. The van der Waals surface area contributed by atoms with Crippen LogP contribution in [0.1, 0.15) is 13.3 Å². The van der Waals surface area contributed by atoms with Crippen molar-refractivity contribution in [1.29, 1.82) is 0 Å². The minimum Gasteiger partial charge on any atom is -0.382 e. The zero-order valence-electron chi connectivity index (χ0n) is 11.2. The van der Waals surface area contributed by atoms with Crippen molar-refractivity contribution in [3.63, 3.8) is 0 Å². The molecule has 1 aliphatic rings. The summed E-state index contributed by atoms with van der Waals surface area (Å²) in [6.45, 7) is 5.29. The van der Waals surface area contributed by atoms with Crippen LogP contribution in [0.2, 0.25) is 0 Å². The van der Waals surface area contributed by atoms with E-state index < -0.39 is 0 Å². The summed E-state index contributed by atoms with van der Waals surface area (Å²) in [6.07, 6.45) is 0.522. The number of hydrogen-bond donors (Lipinski definition) is 0. The summed E-state index contributed by atoms with van der Waals surface area (Å²) in [5.41, 5.74) is 0. The van der Waals surface area contributed by atoms with Crippen LogP contribution in [0.15, 0.2) is 0 Å². The topological polar surface area (TPSA) is 59.1 Å². The lowest BCUT2D eigenvalue weighted by Gasteiger charge is -2.34. The molecule has 0 aromatic heterocycles. The molecule has 1 fully saturated rings. The third-order valence-corrected chi connectivity index (χ3v) is 2.94. The summed E-state index contributed by atoms with van der Waals surface area (Å²) < 4.78 is 10.0. The first kappa shape index (κ1) is 14.9. The SMILES string of the molecule is CCC(=O)N1CCN(C(=O)COCCOC)CC1. The molecule has 0 saturated carbocycles. The van der Waals surface area contributed by atoms with Crippen LogP contribution in [0.3, 0.4) is 0 Å². The lowest BCUT2D eigenvalue weighted by atomic mass is 10.3. The van der Waals surface area contributed by atoms with Gasteiger partial charge in [0.25, 0.3) is 0 Å². The van der Waals surface area contributed by atoms with Gasteiger partial charge >= 0.3 is 0 Å². The van der Waals surface area contributed by atoms with Gasteiger partial charge in [-0.15, -0.1) is 0 Å². The number of nitrogens with zero attached hydrogens (tertiary/aromatic N) is 2.